The van der Waals surface area contributed by atoms with Crippen molar-refractivity contribution in [3.63, 3.8) is 0 Å². The molecule has 32 heavy (non-hydrogen) atoms. The molecule has 7 heteroatoms. The van der Waals surface area contributed by atoms with Crippen molar-refractivity contribution < 1.29 is 19.0 Å². The Balaban J connectivity index is 1.26. The molecule has 0 bridgehead atoms. The van der Waals surface area contributed by atoms with Gasteiger partial charge in [0.2, 0.25) is 0 Å². The van der Waals surface area contributed by atoms with Crippen LogP contribution in [0.4, 0.5) is 4.39 Å². The Labute approximate surface area is 188 Å². The largest absolute Gasteiger partial charge is 0.488 e. The topological polar surface area (TPSA) is 59.8 Å². The van der Waals surface area contributed by atoms with Crippen LogP contribution in [0.5, 0.6) is 11.5 Å². The molecule has 1 N–H and O–H groups in total. The Morgan fingerprint density at radius 2 is 1.88 bits per heavy atom. The summed E-state index contributed by atoms with van der Waals surface area (Å²) in [4.78, 5) is 6.60. The summed E-state index contributed by atoms with van der Waals surface area (Å²) in [5, 5.41) is 11.0. The smallest absolute Gasteiger partial charge is 0.165 e. The molecule has 0 radical (unpaired) electrons. The van der Waals surface area contributed by atoms with Gasteiger partial charge in [-0.15, -0.1) is 0 Å². The van der Waals surface area contributed by atoms with Crippen molar-refractivity contribution in [1.82, 2.24) is 14.5 Å². The number of benzene rings is 2. The van der Waals surface area contributed by atoms with E-state index in [1.165, 1.54) is 11.6 Å². The molecule has 0 aliphatic carbocycles. The summed E-state index contributed by atoms with van der Waals surface area (Å²) in [7, 11) is 1.95. The van der Waals surface area contributed by atoms with E-state index >= 15 is 0 Å². The van der Waals surface area contributed by atoms with Crippen LogP contribution in [0.15, 0.2) is 60.9 Å². The molecule has 6 nitrogen and oxygen atoms in total. The predicted octanol–water partition coefficient (Wildman–Crippen LogP) is 3.93. The number of aromatic nitrogens is 2. The van der Waals surface area contributed by atoms with Crippen molar-refractivity contribution in [3.05, 3.63) is 78.1 Å². The molecule has 1 aromatic heterocycles. The molecule has 170 valence electrons. The van der Waals surface area contributed by atoms with Gasteiger partial charge in [-0.05, 0) is 55.6 Å². The zero-order valence-corrected chi connectivity index (χ0v) is 18.4. The monoisotopic (exact) mass is 439 g/mol. The summed E-state index contributed by atoms with van der Waals surface area (Å²) in [6.07, 6.45) is 5.75. The van der Waals surface area contributed by atoms with Gasteiger partial charge in [0, 0.05) is 32.5 Å². The normalized spacial score (nSPS) is 19.5. The van der Waals surface area contributed by atoms with Crippen LogP contribution in [0.25, 0.3) is 0 Å². The third-order valence-corrected chi connectivity index (χ3v) is 5.96. The molecule has 0 spiro atoms. The lowest BCUT2D eigenvalue weighted by atomic mass is 9.96. The molecule has 0 saturated carbocycles. The molecule has 0 unspecified atom stereocenters. The summed E-state index contributed by atoms with van der Waals surface area (Å²) in [5.74, 6) is 1.48. The van der Waals surface area contributed by atoms with Crippen LogP contribution in [-0.2, 0) is 20.2 Å². The Hall–Kier alpha value is -2.90. The van der Waals surface area contributed by atoms with Gasteiger partial charge >= 0.3 is 0 Å². The average Bonchev–Trinajstić information content (AvgIpc) is 3.11. The van der Waals surface area contributed by atoms with Crippen molar-refractivity contribution in [2.45, 2.75) is 38.0 Å². The van der Waals surface area contributed by atoms with Crippen LogP contribution in [0.2, 0.25) is 0 Å². The van der Waals surface area contributed by atoms with Gasteiger partial charge in [-0.1, -0.05) is 24.3 Å². The van der Waals surface area contributed by atoms with Gasteiger partial charge in [0.05, 0.1) is 5.60 Å². The van der Waals surface area contributed by atoms with Gasteiger partial charge in [-0.3, -0.25) is 4.90 Å². The summed E-state index contributed by atoms with van der Waals surface area (Å²) in [6.45, 7) is 3.00. The molecule has 1 saturated heterocycles. The van der Waals surface area contributed by atoms with E-state index in [-0.39, 0.29) is 12.4 Å². The number of nitrogens with zero attached hydrogens (tertiary/aromatic N) is 3. The zero-order chi connectivity index (χ0) is 22.4. The summed E-state index contributed by atoms with van der Waals surface area (Å²) in [5.41, 5.74) is 0.252. The minimum atomic E-state index is -0.945. The molecule has 1 aliphatic heterocycles. The number of hydrogen-bond donors (Lipinski definition) is 1. The lowest BCUT2D eigenvalue weighted by Crippen LogP contribution is -2.37. The molecule has 1 atom stereocenters. The first-order valence-corrected chi connectivity index (χ1v) is 11.0. The number of aryl methyl sites for hydroxylation is 1. The van der Waals surface area contributed by atoms with E-state index in [4.69, 9.17) is 9.47 Å². The fraction of sp³-hybridized carbons (Fsp3) is 0.400. The third kappa shape index (κ3) is 5.87. The van der Waals surface area contributed by atoms with Gasteiger partial charge in [0.25, 0.3) is 0 Å². The molecular formula is C25H30FN3O3. The van der Waals surface area contributed by atoms with Gasteiger partial charge in [-0.25, -0.2) is 9.37 Å². The highest BCUT2D eigenvalue weighted by Gasteiger charge is 2.31. The fourth-order valence-electron chi connectivity index (χ4n) is 3.94. The van der Waals surface area contributed by atoms with Gasteiger partial charge in [0.1, 0.15) is 24.8 Å². The molecule has 1 fully saturated rings. The van der Waals surface area contributed by atoms with Crippen LogP contribution in [0.1, 0.15) is 30.7 Å². The number of aliphatic hydroxyl groups is 1. The number of imidazole rings is 1. The van der Waals surface area contributed by atoms with E-state index in [0.29, 0.717) is 19.4 Å². The SMILES string of the molecule is Cn1ccnc1COc1ccc(CN2CCC[C@@](O)(COc3ccccc3F)CC2)cc1. The average molecular weight is 440 g/mol. The maximum absolute atomic E-state index is 13.8. The highest BCUT2D eigenvalue weighted by atomic mass is 19.1. The van der Waals surface area contributed by atoms with Crippen molar-refractivity contribution >= 4 is 0 Å². The summed E-state index contributed by atoms with van der Waals surface area (Å²) >= 11 is 0. The summed E-state index contributed by atoms with van der Waals surface area (Å²) in [6, 6.07) is 14.4. The van der Waals surface area contributed by atoms with E-state index in [2.05, 4.69) is 22.0 Å². The van der Waals surface area contributed by atoms with E-state index in [1.807, 2.05) is 29.9 Å². The second-order valence-corrected chi connectivity index (χ2v) is 8.46. The standard InChI is InChI=1S/C25H30FN3O3/c1-28-16-13-27-24(28)18-31-21-9-7-20(8-10-21)17-29-14-4-11-25(30,12-15-29)19-32-23-6-3-2-5-22(23)26/h2-3,5-10,13,16,30H,4,11-12,14-15,17-19H2,1H3/t25-/m0/s1. The second kappa shape index (κ2) is 10.1. The number of rotatable bonds is 8. The minimum absolute atomic E-state index is 0.101. The number of para-hydroxylation sites is 1. The minimum Gasteiger partial charge on any atom is -0.488 e. The molecular weight excluding hydrogens is 409 g/mol. The van der Waals surface area contributed by atoms with E-state index in [9.17, 15) is 9.50 Å². The number of halogens is 1. The molecule has 0 amide bonds. The quantitative estimate of drug-likeness (QED) is 0.576. The molecule has 3 aromatic rings. The zero-order valence-electron chi connectivity index (χ0n) is 18.4. The van der Waals surface area contributed by atoms with Crippen molar-refractivity contribution in [2.75, 3.05) is 19.7 Å². The first-order valence-electron chi connectivity index (χ1n) is 11.0. The highest BCUT2D eigenvalue weighted by Crippen LogP contribution is 2.26. The van der Waals surface area contributed by atoms with Crippen LogP contribution in [-0.4, -0.2) is 44.9 Å². The first kappa shape index (κ1) is 22.3. The van der Waals surface area contributed by atoms with Gasteiger partial charge in [0.15, 0.2) is 11.6 Å². The second-order valence-electron chi connectivity index (χ2n) is 8.46. The van der Waals surface area contributed by atoms with E-state index < -0.39 is 11.4 Å². The first-order chi connectivity index (χ1) is 15.5. The van der Waals surface area contributed by atoms with Crippen molar-refractivity contribution in [1.29, 1.82) is 0 Å². The lowest BCUT2D eigenvalue weighted by Gasteiger charge is -2.27. The number of hydrogen-bond acceptors (Lipinski definition) is 5. The van der Waals surface area contributed by atoms with Crippen LogP contribution in [0, 0.1) is 5.82 Å². The van der Waals surface area contributed by atoms with Crippen LogP contribution in [0.3, 0.4) is 0 Å². The van der Waals surface area contributed by atoms with Crippen molar-refractivity contribution in [3.8, 4) is 11.5 Å². The van der Waals surface area contributed by atoms with Gasteiger partial charge < -0.3 is 19.1 Å². The number of ether oxygens (including phenoxy) is 2. The van der Waals surface area contributed by atoms with Crippen LogP contribution >= 0.6 is 0 Å². The Bertz CT molecular complexity index is 1010. The van der Waals surface area contributed by atoms with E-state index in [1.54, 1.807) is 24.4 Å². The predicted molar refractivity (Wildman–Crippen MR) is 120 cm³/mol. The Morgan fingerprint density at radius 1 is 1.06 bits per heavy atom. The van der Waals surface area contributed by atoms with Crippen molar-refractivity contribution in [2.24, 2.45) is 7.05 Å². The lowest BCUT2D eigenvalue weighted by molar-refractivity contribution is -0.0177. The third-order valence-electron chi connectivity index (χ3n) is 5.96. The number of likely N-dealkylation sites (tertiary alicyclic amines) is 1. The van der Waals surface area contributed by atoms with Crippen LogP contribution < -0.4 is 9.47 Å². The Morgan fingerprint density at radius 3 is 2.62 bits per heavy atom. The molecule has 2 aromatic carbocycles. The molecule has 1 aliphatic rings. The maximum atomic E-state index is 13.8. The summed E-state index contributed by atoms with van der Waals surface area (Å²) < 4.78 is 27.2. The Kier molecular flexibility index (Phi) is 7.07. The van der Waals surface area contributed by atoms with E-state index in [0.717, 1.165) is 37.6 Å². The highest BCUT2D eigenvalue weighted by molar-refractivity contribution is 5.27. The fourth-order valence-corrected chi connectivity index (χ4v) is 3.94. The maximum Gasteiger partial charge on any atom is 0.165 e. The molecule has 2 heterocycles. The van der Waals surface area contributed by atoms with Gasteiger partial charge in [-0.2, -0.15) is 0 Å². The molecule has 4 rings (SSSR count).